The van der Waals surface area contributed by atoms with Crippen LogP contribution in [0.4, 0.5) is 10.5 Å². The number of rotatable bonds is 3. The molecular weight excluding hydrogens is 244 g/mol. The summed E-state index contributed by atoms with van der Waals surface area (Å²) in [4.78, 5) is 22.7. The van der Waals surface area contributed by atoms with E-state index in [0.29, 0.717) is 18.7 Å². The number of hydrogen-bond donors (Lipinski definition) is 4. The zero-order valence-electron chi connectivity index (χ0n) is 10.8. The number of amides is 3. The second kappa shape index (κ2) is 5.71. The van der Waals surface area contributed by atoms with Crippen molar-refractivity contribution in [3.63, 3.8) is 0 Å². The predicted octanol–water partition coefficient (Wildman–Crippen LogP) is 0.716. The van der Waals surface area contributed by atoms with Gasteiger partial charge in [0.15, 0.2) is 0 Å². The van der Waals surface area contributed by atoms with Crippen molar-refractivity contribution < 1.29 is 9.59 Å². The Bertz CT molecular complexity index is 470. The molecule has 1 aliphatic heterocycles. The predicted molar refractivity (Wildman–Crippen MR) is 72.6 cm³/mol. The third-order valence-corrected chi connectivity index (χ3v) is 3.01. The summed E-state index contributed by atoms with van der Waals surface area (Å²) in [5.74, 6) is -0.0356. The van der Waals surface area contributed by atoms with E-state index in [4.69, 9.17) is 5.73 Å². The molecule has 6 heteroatoms. The van der Waals surface area contributed by atoms with Crippen molar-refractivity contribution in [3.05, 3.63) is 29.8 Å². The first-order valence-corrected chi connectivity index (χ1v) is 6.24. The molecule has 102 valence electrons. The van der Waals surface area contributed by atoms with Gasteiger partial charge in [-0.15, -0.1) is 0 Å². The molecule has 19 heavy (non-hydrogen) atoms. The molecule has 5 N–H and O–H groups in total. The Morgan fingerprint density at radius 2 is 2.11 bits per heavy atom. The Hall–Kier alpha value is -2.08. The minimum Gasteiger partial charge on any atom is -0.354 e. The van der Waals surface area contributed by atoms with Gasteiger partial charge in [0.1, 0.15) is 0 Å². The molecule has 2 atom stereocenters. The van der Waals surface area contributed by atoms with Crippen LogP contribution in [0.3, 0.4) is 0 Å². The van der Waals surface area contributed by atoms with E-state index in [0.717, 1.165) is 5.56 Å². The molecule has 0 bridgehead atoms. The molecule has 1 aromatic carbocycles. The number of hydrogen-bond acceptors (Lipinski definition) is 3. The Morgan fingerprint density at radius 1 is 1.42 bits per heavy atom. The van der Waals surface area contributed by atoms with Crippen LogP contribution in [0.5, 0.6) is 0 Å². The fraction of sp³-hybridized carbons (Fsp3) is 0.385. The molecule has 0 aliphatic carbocycles. The summed E-state index contributed by atoms with van der Waals surface area (Å²) < 4.78 is 0. The third-order valence-electron chi connectivity index (χ3n) is 3.01. The van der Waals surface area contributed by atoms with Crippen LogP contribution in [-0.2, 0) is 4.79 Å². The zero-order valence-corrected chi connectivity index (χ0v) is 10.8. The lowest BCUT2D eigenvalue weighted by molar-refractivity contribution is -0.119. The Balaban J connectivity index is 1.86. The number of nitrogens with one attached hydrogen (secondary N) is 3. The monoisotopic (exact) mass is 262 g/mol. The number of anilines is 1. The van der Waals surface area contributed by atoms with Gasteiger partial charge in [-0.3, -0.25) is 4.79 Å². The van der Waals surface area contributed by atoms with Crippen molar-refractivity contribution in [3.8, 4) is 0 Å². The van der Waals surface area contributed by atoms with Gasteiger partial charge in [0.05, 0.1) is 6.04 Å². The van der Waals surface area contributed by atoms with Gasteiger partial charge >= 0.3 is 6.03 Å². The molecule has 0 radical (unpaired) electrons. The summed E-state index contributed by atoms with van der Waals surface area (Å²) >= 11 is 0. The van der Waals surface area contributed by atoms with E-state index in [9.17, 15) is 9.59 Å². The lowest BCUT2D eigenvalue weighted by atomic mass is 10.1. The first kappa shape index (κ1) is 13.4. The average Bonchev–Trinajstić information content (AvgIpc) is 2.75. The second-order valence-corrected chi connectivity index (χ2v) is 4.71. The van der Waals surface area contributed by atoms with Crippen LogP contribution in [0.2, 0.25) is 0 Å². The summed E-state index contributed by atoms with van der Waals surface area (Å²) in [7, 11) is 0. The normalized spacial score (nSPS) is 19.7. The molecule has 0 aromatic heterocycles. The van der Waals surface area contributed by atoms with Crippen LogP contribution in [-0.4, -0.2) is 24.5 Å². The molecule has 1 saturated heterocycles. The highest BCUT2D eigenvalue weighted by Gasteiger charge is 2.22. The highest BCUT2D eigenvalue weighted by Crippen LogP contribution is 2.14. The number of nitrogens with two attached hydrogens (primary N) is 1. The van der Waals surface area contributed by atoms with Gasteiger partial charge in [0.2, 0.25) is 5.91 Å². The zero-order chi connectivity index (χ0) is 13.8. The Morgan fingerprint density at radius 3 is 2.63 bits per heavy atom. The summed E-state index contributed by atoms with van der Waals surface area (Å²) in [6.07, 6.45) is 0.330. The lowest BCUT2D eigenvalue weighted by Gasteiger charge is -2.12. The van der Waals surface area contributed by atoms with Gasteiger partial charge in [-0.2, -0.15) is 0 Å². The molecule has 1 aliphatic rings. The van der Waals surface area contributed by atoms with E-state index in [1.807, 2.05) is 19.1 Å². The maximum absolute atomic E-state index is 11.7. The van der Waals surface area contributed by atoms with E-state index in [2.05, 4.69) is 16.0 Å². The highest BCUT2D eigenvalue weighted by molar-refractivity contribution is 5.90. The molecule has 6 nitrogen and oxygen atoms in total. The molecule has 0 spiro atoms. The molecule has 2 unspecified atom stereocenters. The first-order valence-electron chi connectivity index (χ1n) is 6.24. The molecule has 1 heterocycles. The van der Waals surface area contributed by atoms with E-state index < -0.39 is 0 Å². The fourth-order valence-electron chi connectivity index (χ4n) is 1.93. The molecule has 3 amide bonds. The molecule has 0 saturated carbocycles. The van der Waals surface area contributed by atoms with E-state index in [1.165, 1.54) is 0 Å². The van der Waals surface area contributed by atoms with Crippen molar-refractivity contribution >= 4 is 17.6 Å². The number of carbonyl (C=O) groups excluding carboxylic acids is 2. The SMILES string of the molecule is CC(N)c1ccc(NC(=O)NC2CNC(=O)C2)cc1. The van der Waals surface area contributed by atoms with Gasteiger partial charge in [-0.25, -0.2) is 4.79 Å². The van der Waals surface area contributed by atoms with Gasteiger partial charge < -0.3 is 21.7 Å². The van der Waals surface area contributed by atoms with Gasteiger partial charge in [-0.1, -0.05) is 12.1 Å². The maximum atomic E-state index is 11.7. The van der Waals surface area contributed by atoms with Crippen LogP contribution in [0, 0.1) is 0 Å². The van der Waals surface area contributed by atoms with Crippen LogP contribution in [0.1, 0.15) is 24.9 Å². The largest absolute Gasteiger partial charge is 0.354 e. The van der Waals surface area contributed by atoms with Crippen LogP contribution in [0.15, 0.2) is 24.3 Å². The average molecular weight is 262 g/mol. The Labute approximate surface area is 111 Å². The summed E-state index contributed by atoms with van der Waals surface area (Å²) in [5.41, 5.74) is 7.45. The van der Waals surface area contributed by atoms with E-state index >= 15 is 0 Å². The lowest BCUT2D eigenvalue weighted by Crippen LogP contribution is -2.39. The number of urea groups is 1. The maximum Gasteiger partial charge on any atom is 0.319 e. The standard InChI is InChI=1S/C13H18N4O2/c1-8(14)9-2-4-10(5-3-9)16-13(19)17-11-6-12(18)15-7-11/h2-5,8,11H,6-7,14H2,1H3,(H,15,18)(H2,16,17,19). The summed E-state index contributed by atoms with van der Waals surface area (Å²) in [5, 5.41) is 8.12. The highest BCUT2D eigenvalue weighted by atomic mass is 16.2. The van der Waals surface area contributed by atoms with Crippen LogP contribution in [0.25, 0.3) is 0 Å². The number of benzene rings is 1. The van der Waals surface area contributed by atoms with Crippen molar-refractivity contribution in [2.45, 2.75) is 25.4 Å². The van der Waals surface area contributed by atoms with Gasteiger partial charge in [0, 0.05) is 24.7 Å². The third kappa shape index (κ3) is 3.69. The molecular formula is C13H18N4O2. The van der Waals surface area contributed by atoms with Crippen molar-refractivity contribution in [2.24, 2.45) is 5.73 Å². The minimum absolute atomic E-state index is 0.0292. The molecule has 1 fully saturated rings. The smallest absolute Gasteiger partial charge is 0.319 e. The van der Waals surface area contributed by atoms with Gasteiger partial charge in [-0.05, 0) is 24.6 Å². The molecule has 2 rings (SSSR count). The van der Waals surface area contributed by atoms with E-state index in [-0.39, 0.29) is 24.0 Å². The Kier molecular flexibility index (Phi) is 4.01. The van der Waals surface area contributed by atoms with Crippen molar-refractivity contribution in [2.75, 3.05) is 11.9 Å². The summed E-state index contributed by atoms with van der Waals surface area (Å²) in [6.45, 7) is 2.38. The summed E-state index contributed by atoms with van der Waals surface area (Å²) in [6, 6.07) is 6.87. The van der Waals surface area contributed by atoms with Crippen molar-refractivity contribution in [1.82, 2.24) is 10.6 Å². The first-order chi connectivity index (χ1) is 9.04. The van der Waals surface area contributed by atoms with E-state index in [1.54, 1.807) is 12.1 Å². The molecule has 1 aromatic rings. The number of carbonyl (C=O) groups is 2. The van der Waals surface area contributed by atoms with Gasteiger partial charge in [0.25, 0.3) is 0 Å². The fourth-order valence-corrected chi connectivity index (χ4v) is 1.93. The second-order valence-electron chi connectivity index (χ2n) is 4.71. The minimum atomic E-state index is -0.310. The topological polar surface area (TPSA) is 96.2 Å². The quantitative estimate of drug-likeness (QED) is 0.646. The van der Waals surface area contributed by atoms with Crippen LogP contribution >= 0.6 is 0 Å². The van der Waals surface area contributed by atoms with Crippen LogP contribution < -0.4 is 21.7 Å². The van der Waals surface area contributed by atoms with Crippen molar-refractivity contribution in [1.29, 1.82) is 0 Å².